The van der Waals surface area contributed by atoms with Gasteiger partial charge in [0.2, 0.25) is 5.95 Å². The number of esters is 1. The van der Waals surface area contributed by atoms with Crippen LogP contribution in [0.1, 0.15) is 52.0 Å². The molecule has 1 saturated carbocycles. The summed E-state index contributed by atoms with van der Waals surface area (Å²) >= 11 is 0. The highest BCUT2D eigenvalue weighted by Crippen LogP contribution is 2.46. The number of hydrogen-bond acceptors (Lipinski definition) is 12. The highest BCUT2D eigenvalue weighted by Gasteiger charge is 2.34. The molecule has 1 unspecified atom stereocenters. The molecule has 3 aromatic rings. The number of benzene rings is 1. The third-order valence-electron chi connectivity index (χ3n) is 6.84. The summed E-state index contributed by atoms with van der Waals surface area (Å²) in [6.07, 6.45) is 8.06. The molecule has 1 fully saturated rings. The Morgan fingerprint density at radius 1 is 1.11 bits per heavy atom. The lowest BCUT2D eigenvalue weighted by Gasteiger charge is -2.24. The molecule has 0 radical (unpaired) electrons. The second kappa shape index (κ2) is 15.7. The fourth-order valence-corrected chi connectivity index (χ4v) is 6.00. The first-order chi connectivity index (χ1) is 22.0. The Bertz CT molecular complexity index is 1580. The van der Waals surface area contributed by atoms with Crippen molar-refractivity contribution < 1.29 is 42.9 Å². The van der Waals surface area contributed by atoms with Gasteiger partial charge in [-0.2, -0.15) is 15.1 Å². The lowest BCUT2D eigenvalue weighted by molar-refractivity contribution is -0.144. The number of allylic oxidation sites excluding steroid dienone is 1. The number of hydrogen-bond donors (Lipinski definition) is 5. The molecule has 0 saturated heterocycles. The standard InChI is InChI=1S/C25H32N7O5P.C4H6O4/c1-3-35-24(33)16(2)31-38(34,37-20-7-5-4-6-8-20)36-14-17-9-12-19(13-17)32-15-27-21-22(28-18-10-11-18)29-25(26)30-23(21)32;5-3(6)1-2-4(7)8/h4-9,12,15-19H,3,10-11,13-14H2,1-2H3,(H,31,34)(H3,26,28,29,30);1-2H2,(H,5,6)(H,7,8)/t16-,17+,19-,38?;/m0./s1. The van der Waals surface area contributed by atoms with Crippen LogP contribution in [0.15, 0.2) is 48.8 Å². The average molecular weight is 660 g/mol. The molecule has 46 heavy (non-hydrogen) atoms. The molecular formula is C29H38N7O9P. The van der Waals surface area contributed by atoms with Crippen LogP contribution >= 0.6 is 7.75 Å². The molecule has 0 bridgehead atoms. The average Bonchev–Trinajstić information content (AvgIpc) is 3.52. The van der Waals surface area contributed by atoms with Crippen LogP contribution in [-0.4, -0.2) is 72.9 Å². The first-order valence-corrected chi connectivity index (χ1v) is 16.3. The van der Waals surface area contributed by atoms with Crippen LogP contribution in [0.25, 0.3) is 11.2 Å². The molecule has 2 aliphatic rings. The maximum Gasteiger partial charge on any atom is 0.459 e. The van der Waals surface area contributed by atoms with Crippen LogP contribution in [0.5, 0.6) is 5.75 Å². The number of fused-ring (bicyclic) bond motifs is 1. The van der Waals surface area contributed by atoms with Gasteiger partial charge in [0.15, 0.2) is 17.0 Å². The number of para-hydroxylation sites is 1. The van der Waals surface area contributed by atoms with Gasteiger partial charge in [-0.15, -0.1) is 0 Å². The molecule has 0 spiro atoms. The maximum absolute atomic E-state index is 13.7. The number of ether oxygens (including phenoxy) is 1. The molecule has 16 nitrogen and oxygen atoms in total. The number of carboxylic acid groups (broad SMARTS) is 2. The minimum Gasteiger partial charge on any atom is -0.481 e. The molecule has 0 amide bonds. The molecule has 1 aromatic carbocycles. The number of nitrogen functional groups attached to an aromatic ring is 1. The SMILES string of the molecule is CCOC(=O)[C@H](C)NP(=O)(OC[C@@H]1C=C[C@H](n2cnc3c(NC4CC4)nc(N)nc32)C1)Oc1ccccc1.O=C(O)CCC(=O)O. The lowest BCUT2D eigenvalue weighted by Crippen LogP contribution is -2.35. The molecular weight excluding hydrogens is 621 g/mol. The monoisotopic (exact) mass is 659 g/mol. The minimum atomic E-state index is -3.92. The van der Waals surface area contributed by atoms with Gasteiger partial charge in [-0.05, 0) is 45.2 Å². The molecule has 17 heteroatoms. The number of anilines is 2. The number of carboxylic acids is 2. The van der Waals surface area contributed by atoms with Crippen molar-refractivity contribution in [3.8, 4) is 5.75 Å². The predicted octanol–water partition coefficient (Wildman–Crippen LogP) is 3.78. The Labute approximate surface area is 264 Å². The van der Waals surface area contributed by atoms with Gasteiger partial charge in [-0.1, -0.05) is 30.4 Å². The normalized spacial score (nSPS) is 19.0. The van der Waals surface area contributed by atoms with E-state index in [-0.39, 0.29) is 44.0 Å². The highest BCUT2D eigenvalue weighted by molar-refractivity contribution is 7.52. The number of rotatable bonds is 15. The molecule has 2 heterocycles. The molecule has 248 valence electrons. The van der Waals surface area contributed by atoms with Crippen molar-refractivity contribution in [1.82, 2.24) is 24.6 Å². The smallest absolute Gasteiger partial charge is 0.459 e. The Hall–Kier alpha value is -4.53. The van der Waals surface area contributed by atoms with Crippen LogP contribution in [0.4, 0.5) is 11.8 Å². The van der Waals surface area contributed by atoms with Gasteiger partial charge < -0.3 is 35.1 Å². The number of carbonyl (C=O) groups is 3. The fourth-order valence-electron chi connectivity index (χ4n) is 4.46. The molecule has 5 rings (SSSR count). The zero-order valence-electron chi connectivity index (χ0n) is 25.4. The van der Waals surface area contributed by atoms with Gasteiger partial charge in [0, 0.05) is 12.0 Å². The van der Waals surface area contributed by atoms with Gasteiger partial charge in [0.1, 0.15) is 11.8 Å². The number of aromatic nitrogens is 4. The fraction of sp³-hybridized carbons (Fsp3) is 0.448. The lowest BCUT2D eigenvalue weighted by atomic mass is 10.1. The third kappa shape index (κ3) is 9.99. The summed E-state index contributed by atoms with van der Waals surface area (Å²) in [6, 6.07) is 8.14. The Morgan fingerprint density at radius 2 is 1.80 bits per heavy atom. The summed E-state index contributed by atoms with van der Waals surface area (Å²) in [6.45, 7) is 3.58. The second-order valence-electron chi connectivity index (χ2n) is 10.7. The zero-order chi connectivity index (χ0) is 33.3. The van der Waals surface area contributed by atoms with Crippen LogP contribution in [0, 0.1) is 5.92 Å². The summed E-state index contributed by atoms with van der Waals surface area (Å²) in [5.41, 5.74) is 7.32. The van der Waals surface area contributed by atoms with Crippen molar-refractivity contribution in [3.05, 3.63) is 48.8 Å². The number of nitrogens with zero attached hydrogens (tertiary/aromatic N) is 4. The molecule has 2 aliphatic carbocycles. The number of nitrogens with two attached hydrogens (primary N) is 1. The Balaban J connectivity index is 0.000000533. The van der Waals surface area contributed by atoms with Gasteiger partial charge in [-0.25, -0.2) is 9.55 Å². The van der Waals surface area contributed by atoms with E-state index in [0.29, 0.717) is 35.2 Å². The highest BCUT2D eigenvalue weighted by atomic mass is 31.2. The molecule has 0 aliphatic heterocycles. The van der Waals surface area contributed by atoms with E-state index < -0.39 is 31.7 Å². The van der Waals surface area contributed by atoms with Gasteiger partial charge >= 0.3 is 25.7 Å². The summed E-state index contributed by atoms with van der Waals surface area (Å²) in [7, 11) is -3.92. The number of imidazole rings is 1. The van der Waals surface area contributed by atoms with Crippen LogP contribution in [0.2, 0.25) is 0 Å². The van der Waals surface area contributed by atoms with E-state index in [1.54, 1.807) is 44.4 Å². The minimum absolute atomic E-state index is 0.0440. The second-order valence-corrected chi connectivity index (χ2v) is 12.4. The first-order valence-electron chi connectivity index (χ1n) is 14.8. The topological polar surface area (TPSA) is 230 Å². The van der Waals surface area contributed by atoms with Crippen LogP contribution in [-0.2, 0) is 28.2 Å². The summed E-state index contributed by atoms with van der Waals surface area (Å²) in [4.78, 5) is 44.8. The quantitative estimate of drug-likeness (QED) is 0.0888. The van der Waals surface area contributed by atoms with Crippen molar-refractivity contribution >= 4 is 48.6 Å². The Kier molecular flexibility index (Phi) is 11.7. The summed E-state index contributed by atoms with van der Waals surface area (Å²) in [5.74, 6) is -1.57. The van der Waals surface area contributed by atoms with E-state index in [4.69, 9.17) is 29.7 Å². The first kappa shape index (κ1) is 34.3. The van der Waals surface area contributed by atoms with Crippen molar-refractivity contribution in [2.45, 2.75) is 64.1 Å². The van der Waals surface area contributed by atoms with E-state index in [1.165, 1.54) is 0 Å². The van der Waals surface area contributed by atoms with Crippen LogP contribution in [0.3, 0.4) is 0 Å². The van der Waals surface area contributed by atoms with Gasteiger partial charge in [0.25, 0.3) is 0 Å². The largest absolute Gasteiger partial charge is 0.481 e. The summed E-state index contributed by atoms with van der Waals surface area (Å²) in [5, 5.41) is 21.9. The number of nitrogens with one attached hydrogen (secondary N) is 2. The number of aliphatic carboxylic acids is 2. The third-order valence-corrected chi connectivity index (χ3v) is 8.48. The van der Waals surface area contributed by atoms with Crippen molar-refractivity contribution in [2.75, 3.05) is 24.3 Å². The zero-order valence-corrected chi connectivity index (χ0v) is 26.3. The van der Waals surface area contributed by atoms with Crippen molar-refractivity contribution in [1.29, 1.82) is 0 Å². The summed E-state index contributed by atoms with van der Waals surface area (Å²) < 4.78 is 32.2. The predicted molar refractivity (Wildman–Crippen MR) is 167 cm³/mol. The molecule has 6 N–H and O–H groups in total. The van der Waals surface area contributed by atoms with E-state index in [0.717, 1.165) is 12.8 Å². The van der Waals surface area contributed by atoms with Crippen molar-refractivity contribution in [2.24, 2.45) is 5.92 Å². The van der Waals surface area contributed by atoms with Crippen LogP contribution < -0.4 is 20.7 Å². The van der Waals surface area contributed by atoms with Gasteiger partial charge in [-0.3, -0.25) is 18.9 Å². The van der Waals surface area contributed by atoms with E-state index in [1.807, 2.05) is 22.8 Å². The van der Waals surface area contributed by atoms with Crippen molar-refractivity contribution in [3.63, 3.8) is 0 Å². The molecule has 2 aromatic heterocycles. The van der Waals surface area contributed by atoms with Gasteiger partial charge in [0.05, 0.1) is 38.4 Å². The number of carbonyl (C=O) groups excluding carboxylic acids is 1. The van der Waals surface area contributed by atoms with E-state index in [9.17, 15) is 18.9 Å². The maximum atomic E-state index is 13.7. The molecule has 4 atom stereocenters. The Morgan fingerprint density at radius 3 is 2.43 bits per heavy atom. The van der Waals surface area contributed by atoms with E-state index >= 15 is 0 Å². The van der Waals surface area contributed by atoms with E-state index in [2.05, 4.69) is 25.4 Å².